The van der Waals surface area contributed by atoms with Crippen LogP contribution in [0.5, 0.6) is 0 Å². The van der Waals surface area contributed by atoms with Gasteiger partial charge in [-0.3, -0.25) is 14.4 Å². The van der Waals surface area contributed by atoms with Gasteiger partial charge < -0.3 is 4.90 Å². The van der Waals surface area contributed by atoms with Gasteiger partial charge in [0.2, 0.25) is 5.91 Å². The van der Waals surface area contributed by atoms with Crippen molar-refractivity contribution in [1.29, 1.82) is 0 Å². The van der Waals surface area contributed by atoms with E-state index in [1.807, 2.05) is 27.0 Å². The Morgan fingerprint density at radius 1 is 1.27 bits per heavy atom. The van der Waals surface area contributed by atoms with Gasteiger partial charge in [0, 0.05) is 44.8 Å². The summed E-state index contributed by atoms with van der Waals surface area (Å²) >= 11 is 0. The predicted octanol–water partition coefficient (Wildman–Crippen LogP) is 0.858. The highest BCUT2D eigenvalue weighted by Crippen LogP contribution is 2.27. The van der Waals surface area contributed by atoms with Crippen LogP contribution in [0.4, 0.5) is 0 Å². The van der Waals surface area contributed by atoms with Crippen LogP contribution in [0.2, 0.25) is 0 Å². The highest BCUT2D eigenvalue weighted by molar-refractivity contribution is 7.91. The Bertz CT molecular complexity index is 795. The maximum absolute atomic E-state index is 12.8. The predicted molar refractivity (Wildman–Crippen MR) is 101 cm³/mol. The second-order valence-electron chi connectivity index (χ2n) is 7.61. The number of aryl methyl sites for hydroxylation is 2. The highest BCUT2D eigenvalue weighted by atomic mass is 32.2. The molecular weight excluding hydrogens is 352 g/mol. The summed E-state index contributed by atoms with van der Waals surface area (Å²) in [6.07, 6.45) is 6.15. The van der Waals surface area contributed by atoms with Crippen molar-refractivity contribution in [1.82, 2.24) is 19.6 Å². The SMILES string of the molecule is CC(C)=CCN1CCN(C(=O)CCn2cc(C)cn2)C2CS(=O)(=O)CC21. The van der Waals surface area contributed by atoms with Gasteiger partial charge in [-0.1, -0.05) is 11.6 Å². The Morgan fingerprint density at radius 2 is 2.00 bits per heavy atom. The van der Waals surface area contributed by atoms with E-state index < -0.39 is 9.84 Å². The molecule has 1 amide bonds. The number of piperazine rings is 1. The number of hydrogen-bond acceptors (Lipinski definition) is 5. The lowest BCUT2D eigenvalue weighted by Gasteiger charge is -2.43. The lowest BCUT2D eigenvalue weighted by Crippen LogP contribution is -2.60. The molecule has 1 aromatic heterocycles. The highest BCUT2D eigenvalue weighted by Gasteiger charge is 2.47. The first kappa shape index (κ1) is 19.1. The second-order valence-corrected chi connectivity index (χ2v) is 9.76. The van der Waals surface area contributed by atoms with E-state index in [9.17, 15) is 13.2 Å². The fraction of sp³-hybridized carbons (Fsp3) is 0.667. The summed E-state index contributed by atoms with van der Waals surface area (Å²) < 4.78 is 26.2. The summed E-state index contributed by atoms with van der Waals surface area (Å²) in [5.41, 5.74) is 2.28. The van der Waals surface area contributed by atoms with Crippen LogP contribution >= 0.6 is 0 Å². The summed E-state index contributed by atoms with van der Waals surface area (Å²) in [5, 5.41) is 4.21. The van der Waals surface area contributed by atoms with E-state index >= 15 is 0 Å². The summed E-state index contributed by atoms with van der Waals surface area (Å²) in [6, 6.07) is -0.327. The zero-order valence-corrected chi connectivity index (χ0v) is 16.6. The lowest BCUT2D eigenvalue weighted by molar-refractivity contribution is -0.137. The van der Waals surface area contributed by atoms with Crippen molar-refractivity contribution in [2.24, 2.45) is 0 Å². The molecule has 2 aliphatic heterocycles. The molecule has 7 nitrogen and oxygen atoms in total. The summed E-state index contributed by atoms with van der Waals surface area (Å²) in [7, 11) is -3.10. The maximum Gasteiger partial charge on any atom is 0.224 e. The van der Waals surface area contributed by atoms with Gasteiger partial charge in [-0.2, -0.15) is 5.10 Å². The normalized spacial score (nSPS) is 25.1. The van der Waals surface area contributed by atoms with Crippen LogP contribution in [0.15, 0.2) is 24.0 Å². The van der Waals surface area contributed by atoms with Gasteiger partial charge in [0.25, 0.3) is 0 Å². The Hall–Kier alpha value is -1.67. The van der Waals surface area contributed by atoms with Gasteiger partial charge in [-0.25, -0.2) is 8.42 Å². The Morgan fingerprint density at radius 3 is 2.65 bits per heavy atom. The lowest BCUT2D eigenvalue weighted by atomic mass is 10.0. The van der Waals surface area contributed by atoms with Gasteiger partial charge in [-0.15, -0.1) is 0 Å². The van der Waals surface area contributed by atoms with E-state index in [0.29, 0.717) is 26.1 Å². The van der Waals surface area contributed by atoms with Crippen LogP contribution in [-0.4, -0.2) is 77.1 Å². The van der Waals surface area contributed by atoms with E-state index in [1.165, 1.54) is 5.57 Å². The molecule has 3 heterocycles. The Labute approximate surface area is 155 Å². The zero-order valence-electron chi connectivity index (χ0n) is 15.8. The number of carbonyl (C=O) groups is 1. The molecule has 144 valence electrons. The number of nitrogens with zero attached hydrogens (tertiary/aromatic N) is 4. The van der Waals surface area contributed by atoms with Crippen LogP contribution in [0.25, 0.3) is 0 Å². The van der Waals surface area contributed by atoms with Crippen molar-refractivity contribution in [3.8, 4) is 0 Å². The molecule has 2 fully saturated rings. The molecule has 0 bridgehead atoms. The minimum Gasteiger partial charge on any atom is -0.336 e. The molecule has 0 saturated carbocycles. The number of carbonyl (C=O) groups excluding carboxylic acids is 1. The third-order valence-corrected chi connectivity index (χ3v) is 6.86. The first-order chi connectivity index (χ1) is 12.2. The van der Waals surface area contributed by atoms with Gasteiger partial charge in [0.1, 0.15) is 0 Å². The van der Waals surface area contributed by atoms with Crippen molar-refractivity contribution >= 4 is 15.7 Å². The van der Waals surface area contributed by atoms with Gasteiger partial charge in [-0.05, 0) is 26.3 Å². The van der Waals surface area contributed by atoms with E-state index in [2.05, 4.69) is 16.1 Å². The van der Waals surface area contributed by atoms with Crippen molar-refractivity contribution < 1.29 is 13.2 Å². The quantitative estimate of drug-likeness (QED) is 0.708. The standard InChI is InChI=1S/C18H28N4O3S/c1-14(2)4-6-20-8-9-22(17-13-26(24,25)12-16(17)20)18(23)5-7-21-11-15(3)10-19-21/h4,10-11,16-17H,5-9,12-13H2,1-3H3. The van der Waals surface area contributed by atoms with E-state index in [1.54, 1.807) is 15.8 Å². The molecule has 2 unspecified atom stereocenters. The maximum atomic E-state index is 12.8. The van der Waals surface area contributed by atoms with Gasteiger partial charge in [0.15, 0.2) is 9.84 Å². The van der Waals surface area contributed by atoms with Crippen molar-refractivity contribution in [2.45, 2.75) is 45.8 Å². The third kappa shape index (κ3) is 4.35. The fourth-order valence-electron chi connectivity index (χ4n) is 3.80. The topological polar surface area (TPSA) is 75.5 Å². The van der Waals surface area contributed by atoms with E-state index in [0.717, 1.165) is 12.1 Å². The molecule has 0 aliphatic carbocycles. The number of aromatic nitrogens is 2. The Balaban J connectivity index is 1.68. The molecule has 2 saturated heterocycles. The number of fused-ring (bicyclic) bond motifs is 1. The average Bonchev–Trinajstić information content (AvgIpc) is 3.11. The molecular formula is C18H28N4O3S. The molecule has 26 heavy (non-hydrogen) atoms. The zero-order chi connectivity index (χ0) is 18.9. The second kappa shape index (κ2) is 7.52. The molecule has 0 spiro atoms. The Kier molecular flexibility index (Phi) is 5.53. The molecule has 1 aromatic rings. The van der Waals surface area contributed by atoms with Crippen molar-refractivity contribution in [3.63, 3.8) is 0 Å². The minimum atomic E-state index is -3.10. The molecule has 0 aromatic carbocycles. The minimum absolute atomic E-state index is 0.0205. The number of sulfone groups is 1. The van der Waals surface area contributed by atoms with Crippen LogP contribution in [0.3, 0.4) is 0 Å². The molecule has 2 aliphatic rings. The third-order valence-electron chi connectivity index (χ3n) is 5.16. The average molecular weight is 381 g/mol. The van der Waals surface area contributed by atoms with Crippen molar-refractivity contribution in [3.05, 3.63) is 29.6 Å². The van der Waals surface area contributed by atoms with Gasteiger partial charge >= 0.3 is 0 Å². The number of amides is 1. The number of allylic oxidation sites excluding steroid dienone is 1. The van der Waals surface area contributed by atoms with Crippen LogP contribution in [0, 0.1) is 6.92 Å². The van der Waals surface area contributed by atoms with Crippen LogP contribution in [0.1, 0.15) is 25.8 Å². The van der Waals surface area contributed by atoms with Gasteiger partial charge in [0.05, 0.1) is 23.7 Å². The molecule has 0 N–H and O–H groups in total. The summed E-state index contributed by atoms with van der Waals surface area (Å²) in [5.74, 6) is 0.249. The summed E-state index contributed by atoms with van der Waals surface area (Å²) in [6.45, 7) is 8.62. The van der Waals surface area contributed by atoms with Crippen LogP contribution < -0.4 is 0 Å². The molecule has 8 heteroatoms. The number of hydrogen-bond donors (Lipinski definition) is 0. The smallest absolute Gasteiger partial charge is 0.224 e. The van der Waals surface area contributed by atoms with E-state index in [-0.39, 0.29) is 29.5 Å². The molecule has 3 rings (SSSR count). The molecule has 0 radical (unpaired) electrons. The van der Waals surface area contributed by atoms with E-state index in [4.69, 9.17) is 0 Å². The number of rotatable bonds is 5. The monoisotopic (exact) mass is 380 g/mol. The largest absolute Gasteiger partial charge is 0.336 e. The van der Waals surface area contributed by atoms with Crippen molar-refractivity contribution in [2.75, 3.05) is 31.1 Å². The first-order valence-corrected chi connectivity index (χ1v) is 10.9. The van der Waals surface area contributed by atoms with Crippen LogP contribution in [-0.2, 0) is 21.2 Å². The fourth-order valence-corrected chi connectivity index (χ4v) is 5.82. The summed E-state index contributed by atoms with van der Waals surface area (Å²) in [4.78, 5) is 16.8. The molecule has 2 atom stereocenters. The first-order valence-electron chi connectivity index (χ1n) is 9.11.